The van der Waals surface area contributed by atoms with Crippen molar-refractivity contribution in [2.45, 2.75) is 160 Å². The smallest absolute Gasteiger partial charge is 0.390 e. The first-order valence-corrected chi connectivity index (χ1v) is 39.2. The summed E-state index contributed by atoms with van der Waals surface area (Å²) < 4.78 is 174. The van der Waals surface area contributed by atoms with E-state index in [0.29, 0.717) is 87.6 Å². The van der Waals surface area contributed by atoms with Crippen LogP contribution in [0.4, 0.5) is 104 Å². The number of carbonyl (C=O) groups is 4. The van der Waals surface area contributed by atoms with Gasteiger partial charge in [-0.2, -0.15) is 52.7 Å². The molecule has 0 saturated carbocycles. The second-order valence-electron chi connectivity index (χ2n) is 31.4. The number of nitrogens with zero attached hydrogens (tertiary/aromatic N) is 12. The summed E-state index contributed by atoms with van der Waals surface area (Å²) in [5.74, 6) is -2.36. The molecular weight excluding hydrogens is 1600 g/mol. The largest absolute Gasteiger partial charge is 0.418 e. The number of aliphatic hydroxyl groups is 1. The van der Waals surface area contributed by atoms with E-state index in [9.17, 15) is 81.4 Å². The fourth-order valence-corrected chi connectivity index (χ4v) is 14.8. The Hall–Kier alpha value is -11.1. The van der Waals surface area contributed by atoms with Gasteiger partial charge in [0.2, 0.25) is 23.1 Å². The van der Waals surface area contributed by atoms with Crippen LogP contribution in [0.15, 0.2) is 128 Å². The van der Waals surface area contributed by atoms with Crippen LogP contribution in [-0.4, -0.2) is 182 Å². The molecule has 8 aromatic heterocycles. The second-order valence-corrected chi connectivity index (χ2v) is 31.4. The van der Waals surface area contributed by atoms with E-state index in [2.05, 4.69) is 102 Å². The van der Waals surface area contributed by atoms with Crippen LogP contribution in [0, 0.1) is 11.8 Å². The number of piperazine rings is 4. The van der Waals surface area contributed by atoms with Crippen molar-refractivity contribution in [1.82, 2.24) is 61.1 Å². The van der Waals surface area contributed by atoms with E-state index < -0.39 is 106 Å². The van der Waals surface area contributed by atoms with Gasteiger partial charge in [0, 0.05) is 148 Å². The number of halogens is 13. The SMILES string of the molecule is C=C(F)c1ccc(N2CCNC(CC(C)(C)O)C2)nc1C(=O)c1cccnc1N.CC(C)C[C@H]1CN(c2ccc(C(F)(F)F)c(C(=O)c3cccnc3N)n2)C[C@@H](C)N1.CCC[C@H]1CN(c2ccc(C(F)(F)F)c(C(=O)c3cccnc3N)n2)C[C@H](CC(C)C)N1.Nc1ncccc1C(=O)c1nc(N2CCNC(CC(F)(F)F)C2)ccc1C(F)(F)F.[HH].[HH].[HH].[HH].[HH].[HH].[HH].[HH].[HH].[HH].[HH]. The van der Waals surface area contributed by atoms with Crippen molar-refractivity contribution >= 4 is 75.5 Å². The quantitative estimate of drug-likeness (QED) is 0.0225. The summed E-state index contributed by atoms with van der Waals surface area (Å²) in [6.07, 6.45) is -9.90. The molecule has 4 fully saturated rings. The molecule has 38 heteroatoms. The summed E-state index contributed by atoms with van der Waals surface area (Å²) in [6, 6.07) is 20.6. The van der Waals surface area contributed by atoms with Gasteiger partial charge in [0.05, 0.1) is 51.0 Å². The van der Waals surface area contributed by atoms with E-state index in [4.69, 9.17) is 22.9 Å². The predicted octanol–water partition coefficient (Wildman–Crippen LogP) is 15.7. The lowest BCUT2D eigenvalue weighted by Gasteiger charge is -2.40. The number of hydrogen-bond donors (Lipinski definition) is 9. The van der Waals surface area contributed by atoms with Crippen LogP contribution in [0.5, 0.6) is 0 Å². The molecule has 0 aliphatic carbocycles. The van der Waals surface area contributed by atoms with Crippen LogP contribution in [0.2, 0.25) is 0 Å². The number of alkyl halides is 12. The number of ketones is 4. The molecule has 4 aliphatic heterocycles. The van der Waals surface area contributed by atoms with Crippen LogP contribution in [0.25, 0.3) is 5.83 Å². The highest BCUT2D eigenvalue weighted by Gasteiger charge is 2.43. The van der Waals surface area contributed by atoms with Gasteiger partial charge < -0.3 is 68.9 Å². The number of rotatable bonds is 22. The normalized spacial score (nSPS) is 18.6. The molecule has 12 heterocycles. The fraction of sp³-hybridized carbons (Fsp3) is 0.446. The van der Waals surface area contributed by atoms with E-state index in [-0.39, 0.29) is 128 Å². The standard InChI is InChI=1S/C23H30F3N5O.C21H26F3N5O.C21H26FN5O2.C18H17F6N5O.11H2/c1-4-6-15-12-31(13-16(29-15)11-14(2)3)19-9-8-18(23(24,25)26)20(30-19)21(32)17-7-5-10-28-22(17)27;1-12(2)9-14-11-29(10-13(3)27-14)17-7-6-16(21(22,23)24)18(28-17)19(30)15-5-4-8-26-20(15)25;1-13(22)15-6-7-17(27-10-9-24-14(12-27)11-21(2,3)29)26-18(15)19(28)16-5-4-8-25-20(16)23;19-17(20,21)8-10-9-29(7-6-26-10)13-4-3-12(18(22,23)24)14(28-13)15(30)11-2-1-5-27-16(11)25;;;;;;;;;;;/h5,7-10,14-16,29H,4,6,11-13H2,1-3H3,(H2,27,28);4-8,12-14,27H,9-11H2,1-3H3,(H2,25,26);4-8,14,24,29H,1,9-12H2,2-3H3,(H2,23,25);1-5,10,26H,6-9H2,(H2,25,27);11*1H/t15-,16-;13-,14+;;;;;;;;;;;;;/m01............./s1. The van der Waals surface area contributed by atoms with E-state index in [1.165, 1.54) is 90.4 Å². The number of nitrogens with one attached hydrogen (secondary N) is 4. The van der Waals surface area contributed by atoms with Crippen LogP contribution >= 0.6 is 0 Å². The van der Waals surface area contributed by atoms with E-state index in [0.717, 1.165) is 43.9 Å². The maximum Gasteiger partial charge on any atom is 0.418 e. The van der Waals surface area contributed by atoms with Gasteiger partial charge in [0.25, 0.3) is 0 Å². The Balaban J connectivity index is -0.00000164. The van der Waals surface area contributed by atoms with Crippen molar-refractivity contribution in [1.29, 1.82) is 0 Å². The number of nitrogens with two attached hydrogens (primary N) is 4. The summed E-state index contributed by atoms with van der Waals surface area (Å²) in [5.41, 5.74) is 16.2. The molecule has 12 rings (SSSR count). The summed E-state index contributed by atoms with van der Waals surface area (Å²) in [6.45, 7) is 24.2. The molecule has 25 nitrogen and oxygen atoms in total. The Morgan fingerprint density at radius 1 is 0.463 bits per heavy atom. The summed E-state index contributed by atoms with van der Waals surface area (Å²) in [5, 5.41) is 23.4. The first-order valence-electron chi connectivity index (χ1n) is 39.2. The minimum Gasteiger partial charge on any atom is -0.390 e. The van der Waals surface area contributed by atoms with Crippen molar-refractivity contribution in [3.63, 3.8) is 0 Å². The molecule has 4 saturated heterocycles. The molecule has 0 amide bonds. The summed E-state index contributed by atoms with van der Waals surface area (Å²) in [4.78, 5) is 91.1. The maximum atomic E-state index is 14.0. The van der Waals surface area contributed by atoms with Crippen molar-refractivity contribution in [2.75, 3.05) is 108 Å². The minimum atomic E-state index is -4.87. The lowest BCUT2D eigenvalue weighted by atomic mass is 9.97. The topological polar surface area (TPSA) is 357 Å². The third-order valence-electron chi connectivity index (χ3n) is 19.9. The lowest BCUT2D eigenvalue weighted by molar-refractivity contribution is -0.140. The molecule has 0 bridgehead atoms. The zero-order valence-corrected chi connectivity index (χ0v) is 67.9. The lowest BCUT2D eigenvalue weighted by Crippen LogP contribution is -2.57. The van der Waals surface area contributed by atoms with Gasteiger partial charge in [-0.3, -0.25) is 19.2 Å². The van der Waals surface area contributed by atoms with Crippen molar-refractivity contribution in [3.05, 3.63) is 196 Å². The van der Waals surface area contributed by atoms with Crippen LogP contribution < -0.4 is 63.8 Å². The van der Waals surface area contributed by atoms with E-state index in [1.54, 1.807) is 26.0 Å². The second kappa shape index (κ2) is 40.1. The van der Waals surface area contributed by atoms with Crippen molar-refractivity contribution in [3.8, 4) is 0 Å². The molecule has 13 N–H and O–H groups in total. The van der Waals surface area contributed by atoms with E-state index in [1.807, 2.05) is 21.6 Å². The van der Waals surface area contributed by atoms with Gasteiger partial charge in [-0.15, -0.1) is 0 Å². The fourth-order valence-electron chi connectivity index (χ4n) is 14.8. The predicted molar refractivity (Wildman–Crippen MR) is 459 cm³/mol. The first kappa shape index (κ1) is 93.8. The van der Waals surface area contributed by atoms with E-state index >= 15 is 0 Å². The van der Waals surface area contributed by atoms with Gasteiger partial charge in [0.1, 0.15) is 75.1 Å². The molecule has 2 unspecified atom stereocenters. The molecule has 0 spiro atoms. The minimum absolute atomic E-state index is 0. The average Bonchev–Trinajstić information content (AvgIpc) is 0.792. The molecular formula is C83H121F13N20O5. The summed E-state index contributed by atoms with van der Waals surface area (Å²) in [7, 11) is 0. The zero-order valence-electron chi connectivity index (χ0n) is 67.9. The number of pyridine rings is 8. The number of nitrogen functional groups attached to an aromatic ring is 4. The van der Waals surface area contributed by atoms with Gasteiger partial charge in [-0.25, -0.2) is 44.3 Å². The molecule has 0 radical (unpaired) electrons. The van der Waals surface area contributed by atoms with Crippen molar-refractivity contribution in [2.24, 2.45) is 11.8 Å². The zero-order chi connectivity index (χ0) is 88.8. The van der Waals surface area contributed by atoms with Crippen LogP contribution in [-0.2, 0) is 18.5 Å². The third kappa shape index (κ3) is 25.7. The highest BCUT2D eigenvalue weighted by Crippen LogP contribution is 2.39. The summed E-state index contributed by atoms with van der Waals surface area (Å²) >= 11 is 0. The van der Waals surface area contributed by atoms with Gasteiger partial charge in [-0.1, -0.05) is 47.6 Å². The number of carbonyl (C=O) groups excluding carboxylic acids is 4. The highest BCUT2D eigenvalue weighted by atomic mass is 19.4. The monoisotopic (exact) mass is 1720 g/mol. The highest BCUT2D eigenvalue weighted by molar-refractivity contribution is 6.14. The van der Waals surface area contributed by atoms with Gasteiger partial charge in [0.15, 0.2) is 0 Å². The Kier molecular flexibility index (Phi) is 31.1. The van der Waals surface area contributed by atoms with Crippen molar-refractivity contribution < 1.29 is 97.1 Å². The Labute approximate surface area is 707 Å². The number of hydrogen-bond acceptors (Lipinski definition) is 25. The Morgan fingerprint density at radius 3 is 1.12 bits per heavy atom. The molecule has 674 valence electrons. The molecule has 0 aromatic carbocycles. The molecule has 121 heavy (non-hydrogen) atoms. The molecule has 6 atom stereocenters. The Bertz CT molecular complexity index is 4980. The van der Waals surface area contributed by atoms with Gasteiger partial charge >= 0.3 is 24.7 Å². The van der Waals surface area contributed by atoms with Crippen LogP contribution in [0.3, 0.4) is 0 Å². The number of aromatic nitrogens is 8. The molecule has 8 aromatic rings. The van der Waals surface area contributed by atoms with Gasteiger partial charge in [-0.05, 0) is 155 Å². The Morgan fingerprint density at radius 2 is 0.785 bits per heavy atom. The first-order chi connectivity index (χ1) is 56.8. The third-order valence-corrected chi connectivity index (χ3v) is 19.9. The maximum absolute atomic E-state index is 14.0. The van der Waals surface area contributed by atoms with Crippen LogP contribution in [0.1, 0.15) is 196 Å². The molecule has 4 aliphatic rings. The number of anilines is 8. The average molecular weight is 1730 g/mol.